The Morgan fingerprint density at radius 3 is 1.84 bits per heavy atom. The Bertz CT molecular complexity index is 917. The second-order valence-electron chi connectivity index (χ2n) is 9.54. The van der Waals surface area contributed by atoms with Crippen LogP contribution in [0.1, 0.15) is 72.1 Å². The minimum Gasteiger partial charge on any atom is -0.455 e. The average Bonchev–Trinajstić information content (AvgIpc) is 2.82. The number of hydrogen-bond donors (Lipinski definition) is 0. The summed E-state index contributed by atoms with van der Waals surface area (Å²) in [6.07, 6.45) is 8.63. The van der Waals surface area contributed by atoms with Crippen molar-refractivity contribution < 1.29 is 19.1 Å². The molecule has 4 aliphatic rings. The molecule has 0 saturated heterocycles. The molecule has 162 valence electrons. The minimum absolute atomic E-state index is 0.235. The van der Waals surface area contributed by atoms with Crippen molar-refractivity contribution in [2.75, 3.05) is 0 Å². The molecule has 4 atom stereocenters. The van der Waals surface area contributed by atoms with Gasteiger partial charge in [0.1, 0.15) is 12.2 Å². The molecule has 0 aromatic heterocycles. The topological polar surface area (TPSA) is 52.6 Å². The number of ether oxygens (including phenoxy) is 2. The van der Waals surface area contributed by atoms with E-state index in [4.69, 9.17) is 9.47 Å². The first-order chi connectivity index (χ1) is 15.2. The number of rotatable bonds is 4. The van der Waals surface area contributed by atoms with E-state index in [2.05, 4.69) is 0 Å². The van der Waals surface area contributed by atoms with E-state index < -0.39 is 0 Å². The molecule has 1 spiro atoms. The number of esters is 2. The monoisotopic (exact) mass is 418 g/mol. The summed E-state index contributed by atoms with van der Waals surface area (Å²) in [4.78, 5) is 25.9. The van der Waals surface area contributed by atoms with Gasteiger partial charge in [-0.15, -0.1) is 0 Å². The molecule has 0 heterocycles. The number of carbonyl (C=O) groups excluding carboxylic acids is 2. The van der Waals surface area contributed by atoms with Crippen molar-refractivity contribution >= 4 is 11.9 Å². The average molecular weight is 419 g/mol. The smallest absolute Gasteiger partial charge is 0.338 e. The number of fused-ring (bicyclic) bond motifs is 2. The van der Waals surface area contributed by atoms with Crippen LogP contribution in [-0.4, -0.2) is 24.1 Å². The lowest BCUT2D eigenvalue weighted by Gasteiger charge is -2.58. The zero-order valence-corrected chi connectivity index (χ0v) is 17.9. The highest BCUT2D eigenvalue weighted by Crippen LogP contribution is 2.60. The molecular formula is C27H30O4. The third-order valence-electron chi connectivity index (χ3n) is 7.84. The molecular weight excluding hydrogens is 388 g/mol. The van der Waals surface area contributed by atoms with Crippen LogP contribution in [0.15, 0.2) is 60.7 Å². The molecule has 6 rings (SSSR count). The van der Waals surface area contributed by atoms with Gasteiger partial charge in [0.05, 0.1) is 11.1 Å². The van der Waals surface area contributed by atoms with E-state index in [-0.39, 0.29) is 41.4 Å². The minimum atomic E-state index is -0.369. The number of hydrogen-bond acceptors (Lipinski definition) is 4. The molecule has 0 aliphatic heterocycles. The van der Waals surface area contributed by atoms with Crippen LogP contribution in [0.2, 0.25) is 0 Å². The zero-order chi connectivity index (χ0) is 21.3. The van der Waals surface area contributed by atoms with Gasteiger partial charge in [0.15, 0.2) is 0 Å². The van der Waals surface area contributed by atoms with Crippen LogP contribution >= 0.6 is 0 Å². The van der Waals surface area contributed by atoms with Crippen molar-refractivity contribution in [3.8, 4) is 0 Å². The SMILES string of the molecule is O=C(OC1C2CCC(C1OC(=O)c1ccccc1)C1(CCCCC1)C2)c1ccccc1. The summed E-state index contributed by atoms with van der Waals surface area (Å²) < 4.78 is 12.3. The molecule has 4 nitrogen and oxygen atoms in total. The van der Waals surface area contributed by atoms with E-state index in [0.717, 1.165) is 19.3 Å². The Kier molecular flexibility index (Phi) is 5.56. The number of carbonyl (C=O) groups is 2. The van der Waals surface area contributed by atoms with E-state index >= 15 is 0 Å². The largest absolute Gasteiger partial charge is 0.455 e. The highest BCUT2D eigenvalue weighted by Gasteiger charge is 2.59. The van der Waals surface area contributed by atoms with Crippen LogP contribution in [0.5, 0.6) is 0 Å². The Hall–Kier alpha value is -2.62. The van der Waals surface area contributed by atoms with Gasteiger partial charge in [-0.3, -0.25) is 0 Å². The normalized spacial score (nSPS) is 28.8. The van der Waals surface area contributed by atoms with E-state index in [1.807, 2.05) is 36.4 Å². The fourth-order valence-corrected chi connectivity index (χ4v) is 6.44. The highest BCUT2D eigenvalue weighted by atomic mass is 16.6. The summed E-state index contributed by atoms with van der Waals surface area (Å²) >= 11 is 0. The van der Waals surface area contributed by atoms with Crippen LogP contribution in [0, 0.1) is 17.3 Å². The van der Waals surface area contributed by atoms with Crippen molar-refractivity contribution in [3.05, 3.63) is 71.8 Å². The Labute approximate surface area is 183 Å². The molecule has 4 aliphatic carbocycles. The maximum atomic E-state index is 13.0. The number of benzene rings is 2. The van der Waals surface area contributed by atoms with Gasteiger partial charge in [-0.25, -0.2) is 9.59 Å². The zero-order valence-electron chi connectivity index (χ0n) is 17.9. The molecule has 2 aromatic rings. The Morgan fingerprint density at radius 2 is 1.26 bits per heavy atom. The van der Waals surface area contributed by atoms with Crippen LogP contribution in [0.25, 0.3) is 0 Å². The van der Waals surface area contributed by atoms with Gasteiger partial charge in [-0.1, -0.05) is 55.7 Å². The van der Waals surface area contributed by atoms with Gasteiger partial charge in [0.25, 0.3) is 0 Å². The maximum absolute atomic E-state index is 13.0. The van der Waals surface area contributed by atoms with Crippen molar-refractivity contribution in [3.63, 3.8) is 0 Å². The van der Waals surface area contributed by atoms with Crippen molar-refractivity contribution in [2.24, 2.45) is 17.3 Å². The lowest BCUT2D eigenvalue weighted by molar-refractivity contribution is -0.179. The van der Waals surface area contributed by atoms with Crippen molar-refractivity contribution in [1.82, 2.24) is 0 Å². The molecule has 4 heteroatoms. The Balaban J connectivity index is 1.43. The summed E-state index contributed by atoms with van der Waals surface area (Å²) in [5.74, 6) is -0.121. The fraction of sp³-hybridized carbons (Fsp3) is 0.481. The first kappa shape index (κ1) is 20.3. The second kappa shape index (κ2) is 8.49. The molecule has 4 unspecified atom stereocenters. The first-order valence-corrected chi connectivity index (χ1v) is 11.7. The summed E-state index contributed by atoms with van der Waals surface area (Å²) in [5, 5.41) is 0. The molecule has 0 amide bonds. The summed E-state index contributed by atoms with van der Waals surface area (Å²) in [6.45, 7) is 0. The predicted molar refractivity (Wildman–Crippen MR) is 118 cm³/mol. The maximum Gasteiger partial charge on any atom is 0.338 e. The van der Waals surface area contributed by atoms with E-state index in [9.17, 15) is 9.59 Å². The van der Waals surface area contributed by atoms with E-state index in [0.29, 0.717) is 11.1 Å². The Morgan fingerprint density at radius 1 is 0.710 bits per heavy atom. The molecule has 31 heavy (non-hydrogen) atoms. The van der Waals surface area contributed by atoms with Gasteiger partial charge < -0.3 is 9.47 Å². The molecule has 0 N–H and O–H groups in total. The third kappa shape index (κ3) is 3.88. The van der Waals surface area contributed by atoms with Crippen LogP contribution in [-0.2, 0) is 9.47 Å². The second-order valence-corrected chi connectivity index (χ2v) is 9.54. The van der Waals surface area contributed by atoms with Crippen molar-refractivity contribution in [2.45, 2.75) is 63.6 Å². The van der Waals surface area contributed by atoms with Gasteiger partial charge in [0, 0.05) is 11.8 Å². The predicted octanol–water partition coefficient (Wildman–Crippen LogP) is 5.82. The fourth-order valence-electron chi connectivity index (χ4n) is 6.44. The molecule has 4 fully saturated rings. The summed E-state index contributed by atoms with van der Waals surface area (Å²) in [5.41, 5.74) is 1.33. The van der Waals surface area contributed by atoms with Gasteiger partial charge >= 0.3 is 11.9 Å². The van der Waals surface area contributed by atoms with Gasteiger partial charge in [-0.05, 0) is 61.8 Å². The first-order valence-electron chi connectivity index (χ1n) is 11.7. The quantitative estimate of drug-likeness (QED) is 0.587. The third-order valence-corrected chi connectivity index (χ3v) is 7.84. The van der Waals surface area contributed by atoms with Gasteiger partial charge in [-0.2, -0.15) is 0 Å². The molecule has 2 aromatic carbocycles. The standard InChI is InChI=1S/C27H30O4/c28-25(19-10-4-1-5-11-19)30-23-21-14-15-22(27(18-21)16-8-3-9-17-27)24(23)31-26(29)20-12-6-2-7-13-20/h1-2,4-7,10-13,21-24H,3,8-9,14-18H2. The molecule has 4 saturated carbocycles. The lowest BCUT2D eigenvalue weighted by Crippen LogP contribution is -2.60. The van der Waals surface area contributed by atoms with Crippen LogP contribution in [0.3, 0.4) is 0 Å². The summed E-state index contributed by atoms with van der Waals surface area (Å²) in [6, 6.07) is 18.3. The lowest BCUT2D eigenvalue weighted by atomic mass is 9.49. The van der Waals surface area contributed by atoms with E-state index in [1.165, 1.54) is 32.1 Å². The van der Waals surface area contributed by atoms with E-state index in [1.54, 1.807) is 24.3 Å². The van der Waals surface area contributed by atoms with Crippen molar-refractivity contribution in [1.29, 1.82) is 0 Å². The van der Waals surface area contributed by atoms with Gasteiger partial charge in [0.2, 0.25) is 0 Å². The van der Waals surface area contributed by atoms with Crippen LogP contribution in [0.4, 0.5) is 0 Å². The molecule has 0 radical (unpaired) electrons. The molecule has 2 bridgehead atoms. The summed E-state index contributed by atoms with van der Waals surface area (Å²) in [7, 11) is 0. The van der Waals surface area contributed by atoms with Crippen LogP contribution < -0.4 is 0 Å². The highest BCUT2D eigenvalue weighted by molar-refractivity contribution is 5.90.